The van der Waals surface area contributed by atoms with Gasteiger partial charge in [0, 0.05) is 74.5 Å². The third-order valence-corrected chi connectivity index (χ3v) is 6.58. The standard InChI is InChI=1S/C23H24N6O/c1-27-8-7-25-22(27)19-4-5-20-17-9-15(12-29(20)23(19)30)11-28(13-17)14-18-10-16-3-2-6-24-21(16)26-18/h2-8,10,15,17H,9,11-14H2,1H3,(H,24,26)/t15-,17+/m0/s1. The molecule has 4 aromatic heterocycles. The Kier molecular flexibility index (Phi) is 3.92. The molecule has 4 aromatic rings. The van der Waals surface area contributed by atoms with Gasteiger partial charge in [-0.1, -0.05) is 0 Å². The summed E-state index contributed by atoms with van der Waals surface area (Å²) < 4.78 is 3.91. The average Bonchev–Trinajstić information content (AvgIpc) is 3.34. The van der Waals surface area contributed by atoms with Crippen LogP contribution in [0.1, 0.15) is 23.7 Å². The van der Waals surface area contributed by atoms with Crippen LogP contribution < -0.4 is 5.56 Å². The van der Waals surface area contributed by atoms with Crippen molar-refractivity contribution in [3.63, 3.8) is 0 Å². The lowest BCUT2D eigenvalue weighted by atomic mass is 9.83. The molecule has 0 aromatic carbocycles. The number of pyridine rings is 2. The number of hydrogen-bond acceptors (Lipinski definition) is 4. The smallest absolute Gasteiger partial charge is 0.261 e. The summed E-state index contributed by atoms with van der Waals surface area (Å²) in [6.07, 6.45) is 6.60. The van der Waals surface area contributed by atoms with E-state index in [0.29, 0.717) is 17.4 Å². The van der Waals surface area contributed by atoms with Crippen LogP contribution in [0.2, 0.25) is 0 Å². The van der Waals surface area contributed by atoms with Crippen molar-refractivity contribution in [3.05, 3.63) is 70.7 Å². The Morgan fingerprint density at radius 2 is 2.07 bits per heavy atom. The molecule has 1 fully saturated rings. The lowest BCUT2D eigenvalue weighted by Gasteiger charge is -2.42. The second-order valence-corrected chi connectivity index (χ2v) is 8.68. The highest BCUT2D eigenvalue weighted by Crippen LogP contribution is 2.36. The molecule has 6 rings (SSSR count). The van der Waals surface area contributed by atoms with E-state index < -0.39 is 0 Å². The van der Waals surface area contributed by atoms with Gasteiger partial charge in [0.25, 0.3) is 5.56 Å². The number of likely N-dealkylation sites (tertiary alicyclic amines) is 1. The van der Waals surface area contributed by atoms with Gasteiger partial charge in [-0.05, 0) is 42.7 Å². The van der Waals surface area contributed by atoms with Crippen molar-refractivity contribution in [3.8, 4) is 11.4 Å². The van der Waals surface area contributed by atoms with E-state index in [0.717, 1.165) is 55.2 Å². The molecule has 0 spiro atoms. The van der Waals surface area contributed by atoms with Crippen LogP contribution in [0.15, 0.2) is 53.7 Å². The predicted octanol–water partition coefficient (Wildman–Crippen LogP) is 2.74. The van der Waals surface area contributed by atoms with Crippen LogP contribution in [-0.4, -0.2) is 42.1 Å². The fourth-order valence-corrected chi connectivity index (χ4v) is 5.31. The molecular formula is C23H24N6O. The average molecular weight is 400 g/mol. The van der Waals surface area contributed by atoms with Crippen molar-refractivity contribution >= 4 is 11.0 Å². The van der Waals surface area contributed by atoms with Gasteiger partial charge in [0.15, 0.2) is 0 Å². The van der Waals surface area contributed by atoms with E-state index in [-0.39, 0.29) is 5.56 Å². The maximum absolute atomic E-state index is 13.3. The third-order valence-electron chi connectivity index (χ3n) is 6.58. The number of rotatable bonds is 3. The van der Waals surface area contributed by atoms with Crippen LogP contribution in [0.4, 0.5) is 0 Å². The van der Waals surface area contributed by atoms with Gasteiger partial charge in [-0.25, -0.2) is 9.97 Å². The summed E-state index contributed by atoms with van der Waals surface area (Å²) in [5.74, 6) is 1.62. The molecule has 0 unspecified atom stereocenters. The molecular weight excluding hydrogens is 376 g/mol. The van der Waals surface area contributed by atoms with Crippen molar-refractivity contribution in [2.75, 3.05) is 13.1 Å². The summed E-state index contributed by atoms with van der Waals surface area (Å²) in [7, 11) is 1.93. The minimum Gasteiger partial charge on any atom is -0.342 e. The minimum absolute atomic E-state index is 0.0895. The number of aromatic amines is 1. The zero-order chi connectivity index (χ0) is 20.2. The molecule has 30 heavy (non-hydrogen) atoms. The van der Waals surface area contributed by atoms with E-state index in [9.17, 15) is 4.79 Å². The van der Waals surface area contributed by atoms with Crippen molar-refractivity contribution in [1.82, 2.24) is 29.0 Å². The summed E-state index contributed by atoms with van der Waals surface area (Å²) in [5.41, 5.74) is 4.09. The van der Waals surface area contributed by atoms with Gasteiger partial charge in [0.05, 0.1) is 5.56 Å². The fraction of sp³-hybridized carbons (Fsp3) is 0.348. The second kappa shape index (κ2) is 6.67. The largest absolute Gasteiger partial charge is 0.342 e. The summed E-state index contributed by atoms with van der Waals surface area (Å²) in [6.45, 7) is 3.66. The van der Waals surface area contributed by atoms with Crippen molar-refractivity contribution in [2.45, 2.75) is 25.4 Å². The first-order chi connectivity index (χ1) is 14.7. The van der Waals surface area contributed by atoms with Gasteiger partial charge >= 0.3 is 0 Å². The molecule has 2 aliphatic rings. The number of fused-ring (bicyclic) bond motifs is 5. The molecule has 0 saturated carbocycles. The second-order valence-electron chi connectivity index (χ2n) is 8.68. The lowest BCUT2D eigenvalue weighted by molar-refractivity contribution is 0.113. The minimum atomic E-state index is 0.0895. The molecule has 0 aliphatic carbocycles. The van der Waals surface area contributed by atoms with Crippen LogP contribution in [-0.2, 0) is 20.1 Å². The number of imidazole rings is 1. The summed E-state index contributed by atoms with van der Waals surface area (Å²) >= 11 is 0. The fourth-order valence-electron chi connectivity index (χ4n) is 5.31. The lowest BCUT2D eigenvalue weighted by Crippen LogP contribution is -2.47. The zero-order valence-electron chi connectivity index (χ0n) is 17.0. The van der Waals surface area contributed by atoms with Crippen molar-refractivity contribution in [1.29, 1.82) is 0 Å². The first kappa shape index (κ1) is 17.7. The predicted molar refractivity (Wildman–Crippen MR) is 115 cm³/mol. The number of aromatic nitrogens is 5. The van der Waals surface area contributed by atoms with Gasteiger partial charge in [-0.2, -0.15) is 0 Å². The number of aryl methyl sites for hydroxylation is 1. The van der Waals surface area contributed by atoms with E-state index in [2.05, 4.69) is 38.1 Å². The van der Waals surface area contributed by atoms with Crippen LogP contribution in [0.5, 0.6) is 0 Å². The highest BCUT2D eigenvalue weighted by molar-refractivity contribution is 5.76. The maximum Gasteiger partial charge on any atom is 0.261 e. The van der Waals surface area contributed by atoms with Crippen molar-refractivity contribution < 1.29 is 0 Å². The summed E-state index contributed by atoms with van der Waals surface area (Å²) in [5, 5.41) is 1.16. The Balaban J connectivity index is 1.29. The molecule has 152 valence electrons. The van der Waals surface area contributed by atoms with Crippen LogP contribution in [0.3, 0.4) is 0 Å². The Morgan fingerprint density at radius 3 is 2.90 bits per heavy atom. The van der Waals surface area contributed by atoms with Gasteiger partial charge in [-0.15, -0.1) is 0 Å². The van der Waals surface area contributed by atoms with Gasteiger partial charge in [0.2, 0.25) is 0 Å². The Labute approximate surface area is 174 Å². The van der Waals surface area contributed by atoms with Gasteiger partial charge in [0.1, 0.15) is 11.5 Å². The summed E-state index contributed by atoms with van der Waals surface area (Å²) in [6, 6.07) is 10.4. The molecule has 0 radical (unpaired) electrons. The first-order valence-electron chi connectivity index (χ1n) is 10.5. The topological polar surface area (TPSA) is 71.7 Å². The van der Waals surface area contributed by atoms with Gasteiger partial charge in [-0.3, -0.25) is 9.69 Å². The van der Waals surface area contributed by atoms with E-state index >= 15 is 0 Å². The first-order valence-corrected chi connectivity index (χ1v) is 10.5. The van der Waals surface area contributed by atoms with Crippen LogP contribution in [0, 0.1) is 5.92 Å². The normalized spacial score (nSPS) is 21.1. The van der Waals surface area contributed by atoms with E-state index in [1.807, 2.05) is 40.7 Å². The van der Waals surface area contributed by atoms with Crippen molar-refractivity contribution in [2.24, 2.45) is 13.0 Å². The highest BCUT2D eigenvalue weighted by atomic mass is 16.1. The quantitative estimate of drug-likeness (QED) is 0.574. The Bertz CT molecular complexity index is 1270. The van der Waals surface area contributed by atoms with E-state index in [4.69, 9.17) is 0 Å². The molecule has 7 heteroatoms. The van der Waals surface area contributed by atoms with Crippen LogP contribution in [0.25, 0.3) is 22.4 Å². The Hall–Kier alpha value is -3.19. The van der Waals surface area contributed by atoms with E-state index in [1.165, 1.54) is 5.69 Å². The number of H-pyrrole nitrogens is 1. The molecule has 6 heterocycles. The number of piperidine rings is 1. The molecule has 1 N–H and O–H groups in total. The van der Waals surface area contributed by atoms with Crippen LogP contribution >= 0.6 is 0 Å². The molecule has 1 saturated heterocycles. The molecule has 2 atom stereocenters. The molecule has 7 nitrogen and oxygen atoms in total. The van der Waals surface area contributed by atoms with E-state index in [1.54, 1.807) is 6.20 Å². The molecule has 2 bridgehead atoms. The number of nitrogens with one attached hydrogen (secondary N) is 1. The molecule has 0 amide bonds. The third kappa shape index (κ3) is 2.81. The maximum atomic E-state index is 13.3. The SMILES string of the molecule is Cn1ccnc1-c1ccc2n(c1=O)C[C@H]1C[C@@H]2CN(Cc2cc3cccnc3[nH]2)C1. The highest BCUT2D eigenvalue weighted by Gasteiger charge is 2.35. The Morgan fingerprint density at radius 1 is 1.13 bits per heavy atom. The monoisotopic (exact) mass is 400 g/mol. The zero-order valence-corrected chi connectivity index (χ0v) is 17.0. The number of hydrogen-bond donors (Lipinski definition) is 1. The van der Waals surface area contributed by atoms with Gasteiger partial charge < -0.3 is 14.1 Å². The summed E-state index contributed by atoms with van der Waals surface area (Å²) in [4.78, 5) is 28.0. The molecule has 2 aliphatic heterocycles. The number of nitrogens with zero attached hydrogens (tertiary/aromatic N) is 5.